The molecule has 0 N–H and O–H groups in total. The van der Waals surface area contributed by atoms with Crippen LogP contribution in [0, 0.1) is 5.92 Å². The van der Waals surface area contributed by atoms with Crippen LogP contribution in [0.5, 0.6) is 0 Å². The minimum atomic E-state index is -0.313. The molecule has 14 heavy (non-hydrogen) atoms. The van der Waals surface area contributed by atoms with Crippen LogP contribution in [0.15, 0.2) is 30.3 Å². The predicted octanol–water partition coefficient (Wildman–Crippen LogP) is 1.55. The van der Waals surface area contributed by atoms with E-state index < -0.39 is 0 Å². The molecule has 0 atom stereocenters. The van der Waals surface area contributed by atoms with Crippen LogP contribution < -0.4 is 0 Å². The molecule has 1 saturated heterocycles. The summed E-state index contributed by atoms with van der Waals surface area (Å²) in [6, 6.07) is 9.72. The number of rotatable bonds is 2. The minimum absolute atomic E-state index is 0.116. The van der Waals surface area contributed by atoms with E-state index in [1.165, 1.54) is 0 Å². The Morgan fingerprint density at radius 2 is 1.79 bits per heavy atom. The summed E-state index contributed by atoms with van der Waals surface area (Å²) in [4.78, 5) is 10.4. The number of aldehydes is 1. The van der Waals surface area contributed by atoms with Gasteiger partial charge in [-0.05, 0) is 0 Å². The molecule has 3 nitrogen and oxygen atoms in total. The second kappa shape index (κ2) is 4.35. The van der Waals surface area contributed by atoms with Gasteiger partial charge in [0, 0.05) is 5.56 Å². The number of ether oxygens (including phenoxy) is 2. The lowest BCUT2D eigenvalue weighted by atomic mass is 10.1. The highest BCUT2D eigenvalue weighted by Crippen LogP contribution is 2.23. The van der Waals surface area contributed by atoms with Crippen molar-refractivity contribution in [3.8, 4) is 0 Å². The molecule has 1 aromatic carbocycles. The second-order valence-electron chi connectivity index (χ2n) is 3.31. The normalized spacial score (nSPS) is 27.1. The molecule has 0 bridgehead atoms. The van der Waals surface area contributed by atoms with Gasteiger partial charge in [0.05, 0.1) is 19.1 Å². The number of carbonyl (C=O) groups is 1. The van der Waals surface area contributed by atoms with Gasteiger partial charge in [-0.1, -0.05) is 30.3 Å². The molecule has 1 aromatic rings. The highest BCUT2D eigenvalue weighted by molar-refractivity contribution is 5.53. The first kappa shape index (κ1) is 9.37. The van der Waals surface area contributed by atoms with Gasteiger partial charge in [0.1, 0.15) is 6.29 Å². The second-order valence-corrected chi connectivity index (χ2v) is 3.31. The molecule has 2 rings (SSSR count). The zero-order chi connectivity index (χ0) is 9.80. The smallest absolute Gasteiger partial charge is 0.183 e. The molecule has 74 valence electrons. The Bertz CT molecular complexity index is 289. The van der Waals surface area contributed by atoms with E-state index in [4.69, 9.17) is 9.47 Å². The van der Waals surface area contributed by atoms with Crippen molar-refractivity contribution in [2.24, 2.45) is 5.92 Å². The molecular formula is C11H12O3. The van der Waals surface area contributed by atoms with Gasteiger partial charge in [-0.3, -0.25) is 0 Å². The number of hydrogen-bond donors (Lipinski definition) is 0. The van der Waals surface area contributed by atoms with E-state index in [9.17, 15) is 4.79 Å². The van der Waals surface area contributed by atoms with Gasteiger partial charge < -0.3 is 14.3 Å². The molecule has 0 aliphatic carbocycles. The number of carbonyl (C=O) groups excluding carboxylic acids is 1. The quantitative estimate of drug-likeness (QED) is 0.667. The van der Waals surface area contributed by atoms with E-state index in [2.05, 4.69) is 0 Å². The molecule has 1 aliphatic heterocycles. The standard InChI is InChI=1S/C11H12O3/c12-6-9-7-13-11(14-8-9)10-4-2-1-3-5-10/h1-6,9,11H,7-8H2. The fourth-order valence-corrected chi connectivity index (χ4v) is 1.40. The van der Waals surface area contributed by atoms with E-state index >= 15 is 0 Å². The van der Waals surface area contributed by atoms with Crippen molar-refractivity contribution in [3.05, 3.63) is 35.9 Å². The molecular weight excluding hydrogens is 180 g/mol. The lowest BCUT2D eigenvalue weighted by Crippen LogP contribution is -2.27. The van der Waals surface area contributed by atoms with Gasteiger partial charge in [-0.2, -0.15) is 0 Å². The number of hydrogen-bond acceptors (Lipinski definition) is 3. The minimum Gasteiger partial charge on any atom is -0.348 e. The molecule has 0 spiro atoms. The van der Waals surface area contributed by atoms with Gasteiger partial charge in [-0.15, -0.1) is 0 Å². The molecule has 0 amide bonds. The molecule has 0 saturated carbocycles. The summed E-state index contributed by atoms with van der Waals surface area (Å²) in [7, 11) is 0. The molecule has 1 fully saturated rings. The van der Waals surface area contributed by atoms with Crippen molar-refractivity contribution in [1.82, 2.24) is 0 Å². The first-order chi connectivity index (χ1) is 6.90. The first-order valence-corrected chi connectivity index (χ1v) is 4.63. The van der Waals surface area contributed by atoms with Gasteiger partial charge in [0.2, 0.25) is 0 Å². The summed E-state index contributed by atoms with van der Waals surface area (Å²) in [6.07, 6.45) is 0.564. The van der Waals surface area contributed by atoms with Gasteiger partial charge in [0.25, 0.3) is 0 Å². The molecule has 0 unspecified atom stereocenters. The summed E-state index contributed by atoms with van der Waals surface area (Å²) < 4.78 is 10.8. The SMILES string of the molecule is O=CC1COC(c2ccccc2)OC1. The average Bonchev–Trinajstić information content (AvgIpc) is 2.30. The Kier molecular flexibility index (Phi) is 2.91. The highest BCUT2D eigenvalue weighted by atomic mass is 16.7. The van der Waals surface area contributed by atoms with Crippen LogP contribution in [0.2, 0.25) is 0 Å². The maximum Gasteiger partial charge on any atom is 0.183 e. The molecule has 0 radical (unpaired) electrons. The van der Waals surface area contributed by atoms with E-state index in [-0.39, 0.29) is 12.2 Å². The van der Waals surface area contributed by atoms with Crippen LogP contribution in [0.25, 0.3) is 0 Å². The highest BCUT2D eigenvalue weighted by Gasteiger charge is 2.22. The lowest BCUT2D eigenvalue weighted by Gasteiger charge is -2.26. The van der Waals surface area contributed by atoms with Crippen molar-refractivity contribution >= 4 is 6.29 Å². The zero-order valence-electron chi connectivity index (χ0n) is 7.76. The maximum absolute atomic E-state index is 10.4. The van der Waals surface area contributed by atoms with E-state index in [0.29, 0.717) is 13.2 Å². The Hall–Kier alpha value is -1.19. The van der Waals surface area contributed by atoms with E-state index in [1.54, 1.807) is 0 Å². The third-order valence-corrected chi connectivity index (χ3v) is 2.19. The summed E-state index contributed by atoms with van der Waals surface area (Å²) >= 11 is 0. The Labute approximate surface area is 82.6 Å². The summed E-state index contributed by atoms with van der Waals surface area (Å²) in [5.41, 5.74) is 0.997. The van der Waals surface area contributed by atoms with E-state index in [0.717, 1.165) is 11.8 Å². The van der Waals surface area contributed by atoms with E-state index in [1.807, 2.05) is 30.3 Å². The predicted molar refractivity (Wildman–Crippen MR) is 50.6 cm³/mol. The van der Waals surface area contributed by atoms with Crippen LogP contribution in [0.3, 0.4) is 0 Å². The summed E-state index contributed by atoms with van der Waals surface area (Å²) in [5, 5.41) is 0. The van der Waals surface area contributed by atoms with Crippen molar-refractivity contribution in [3.63, 3.8) is 0 Å². The van der Waals surface area contributed by atoms with Crippen LogP contribution in [0.1, 0.15) is 11.9 Å². The fraction of sp³-hybridized carbons (Fsp3) is 0.364. The average molecular weight is 192 g/mol. The first-order valence-electron chi connectivity index (χ1n) is 4.63. The Balaban J connectivity index is 1.99. The Morgan fingerprint density at radius 1 is 1.14 bits per heavy atom. The topological polar surface area (TPSA) is 35.5 Å². The van der Waals surface area contributed by atoms with Gasteiger partial charge in [0.15, 0.2) is 6.29 Å². The molecule has 1 heterocycles. The third kappa shape index (κ3) is 2.00. The Morgan fingerprint density at radius 3 is 2.36 bits per heavy atom. The monoisotopic (exact) mass is 192 g/mol. The largest absolute Gasteiger partial charge is 0.348 e. The van der Waals surface area contributed by atoms with Crippen LogP contribution in [0.4, 0.5) is 0 Å². The van der Waals surface area contributed by atoms with Crippen LogP contribution in [-0.4, -0.2) is 19.5 Å². The van der Waals surface area contributed by atoms with Gasteiger partial charge in [-0.25, -0.2) is 0 Å². The molecule has 0 aromatic heterocycles. The maximum atomic E-state index is 10.4. The summed E-state index contributed by atoms with van der Waals surface area (Å²) in [6.45, 7) is 0.895. The van der Waals surface area contributed by atoms with Crippen molar-refractivity contribution in [2.75, 3.05) is 13.2 Å². The van der Waals surface area contributed by atoms with Crippen molar-refractivity contribution in [2.45, 2.75) is 6.29 Å². The molecule has 3 heteroatoms. The van der Waals surface area contributed by atoms with Gasteiger partial charge >= 0.3 is 0 Å². The van der Waals surface area contributed by atoms with Crippen molar-refractivity contribution < 1.29 is 14.3 Å². The summed E-state index contributed by atoms with van der Waals surface area (Å²) in [5.74, 6) is -0.116. The number of benzene rings is 1. The van der Waals surface area contributed by atoms with Crippen molar-refractivity contribution in [1.29, 1.82) is 0 Å². The fourth-order valence-electron chi connectivity index (χ4n) is 1.40. The molecule has 1 aliphatic rings. The van der Waals surface area contributed by atoms with Crippen LogP contribution >= 0.6 is 0 Å². The zero-order valence-corrected chi connectivity index (χ0v) is 7.76. The lowest BCUT2D eigenvalue weighted by molar-refractivity contribution is -0.201. The van der Waals surface area contributed by atoms with Crippen LogP contribution in [-0.2, 0) is 14.3 Å². The third-order valence-electron chi connectivity index (χ3n) is 2.19.